The molecule has 0 aliphatic rings. The molecular weight excluding hydrogens is 689 g/mol. The van der Waals surface area contributed by atoms with Crippen LogP contribution >= 0.6 is 0 Å². The summed E-state index contributed by atoms with van der Waals surface area (Å²) in [7, 11) is 0. The van der Waals surface area contributed by atoms with Gasteiger partial charge in [0.25, 0.3) is 0 Å². The van der Waals surface area contributed by atoms with E-state index in [-0.39, 0.29) is 5.56 Å². The van der Waals surface area contributed by atoms with Crippen molar-refractivity contribution in [2.45, 2.75) is 277 Å². The van der Waals surface area contributed by atoms with Crippen molar-refractivity contribution in [3.05, 3.63) is 35.4 Å². The van der Waals surface area contributed by atoms with Gasteiger partial charge in [-0.25, -0.2) is 4.79 Å². The zero-order valence-corrected chi connectivity index (χ0v) is 37.8. The molecule has 0 aliphatic carbocycles. The molecule has 4 heteroatoms. The maximum Gasteiger partial charge on any atom is 0.336 e. The van der Waals surface area contributed by atoms with E-state index >= 15 is 0 Å². The van der Waals surface area contributed by atoms with Gasteiger partial charge in [0.05, 0.1) is 18.8 Å². The van der Waals surface area contributed by atoms with Crippen molar-refractivity contribution in [1.29, 1.82) is 0 Å². The zero-order chi connectivity index (χ0) is 40.3. The van der Waals surface area contributed by atoms with Crippen molar-refractivity contribution < 1.29 is 19.4 Å². The first-order valence-corrected chi connectivity index (χ1v) is 25.3. The third-order valence-corrected chi connectivity index (χ3v) is 12.0. The second-order valence-corrected chi connectivity index (χ2v) is 17.4. The van der Waals surface area contributed by atoms with Crippen LogP contribution in [0.3, 0.4) is 0 Å². The molecule has 4 nitrogen and oxygen atoms in total. The average molecular weight is 785 g/mol. The minimum atomic E-state index is -0.921. The maximum absolute atomic E-state index is 11.9. The molecular formula is C52H96O4. The van der Waals surface area contributed by atoms with Gasteiger partial charge in [-0.2, -0.15) is 0 Å². The van der Waals surface area contributed by atoms with Crippen LogP contribution in [0.4, 0.5) is 0 Å². The lowest BCUT2D eigenvalue weighted by molar-refractivity contribution is -0.148. The van der Waals surface area contributed by atoms with Crippen molar-refractivity contribution in [2.24, 2.45) is 0 Å². The smallest absolute Gasteiger partial charge is 0.336 e. The quantitative estimate of drug-likeness (QED) is 0.0528. The lowest BCUT2D eigenvalue weighted by atomic mass is 10.0. The van der Waals surface area contributed by atoms with E-state index in [0.717, 1.165) is 25.7 Å². The summed E-state index contributed by atoms with van der Waals surface area (Å²) < 4.78 is 12.4. The summed E-state index contributed by atoms with van der Waals surface area (Å²) >= 11 is 0. The van der Waals surface area contributed by atoms with Crippen LogP contribution in [0.1, 0.15) is 293 Å². The zero-order valence-electron chi connectivity index (χ0n) is 37.8. The third-order valence-electron chi connectivity index (χ3n) is 12.0. The number of carboxylic acids is 1. The Morgan fingerprint density at radius 3 is 0.875 bits per heavy atom. The van der Waals surface area contributed by atoms with Gasteiger partial charge in [0, 0.05) is 5.56 Å². The molecule has 0 heterocycles. The Hall–Kier alpha value is -1.39. The van der Waals surface area contributed by atoms with E-state index < -0.39 is 12.3 Å². The molecule has 0 bridgehead atoms. The minimum Gasteiger partial charge on any atom is -0.478 e. The molecule has 0 spiro atoms. The van der Waals surface area contributed by atoms with E-state index in [1.807, 2.05) is 12.1 Å². The number of carbonyl (C=O) groups is 1. The van der Waals surface area contributed by atoms with Gasteiger partial charge in [0.1, 0.15) is 0 Å². The van der Waals surface area contributed by atoms with Crippen LogP contribution in [-0.2, 0) is 9.47 Å². The van der Waals surface area contributed by atoms with Gasteiger partial charge < -0.3 is 14.6 Å². The number of carboxylic acid groups (broad SMARTS) is 1. The third kappa shape index (κ3) is 34.6. The van der Waals surface area contributed by atoms with E-state index in [2.05, 4.69) is 13.8 Å². The van der Waals surface area contributed by atoms with Crippen LogP contribution in [0.15, 0.2) is 24.3 Å². The summed E-state index contributed by atoms with van der Waals surface area (Å²) in [4.78, 5) is 11.9. The number of benzene rings is 1. The Morgan fingerprint density at radius 2 is 0.625 bits per heavy atom. The molecule has 0 fully saturated rings. The number of rotatable bonds is 46. The standard InChI is InChI=1S/C52H96O4/c1-3-5-7-9-11-13-15-17-19-21-23-25-27-29-31-33-35-37-39-43-47-55-52(50-46-42-41-45-49(50)51(53)54)56-48-44-40-38-36-34-32-30-28-26-24-22-20-18-16-14-12-10-8-6-4-2/h41-42,45-46,52H,3-40,43-44,47-48H2,1-2H3,(H,53,54). The first kappa shape index (κ1) is 52.6. The van der Waals surface area contributed by atoms with Gasteiger partial charge in [-0.15, -0.1) is 0 Å². The Labute approximate surface area is 349 Å². The van der Waals surface area contributed by atoms with Crippen LogP contribution in [0.25, 0.3) is 0 Å². The van der Waals surface area contributed by atoms with Gasteiger partial charge >= 0.3 is 5.97 Å². The Kier molecular flexibility index (Phi) is 40.6. The van der Waals surface area contributed by atoms with Crippen molar-refractivity contribution in [1.82, 2.24) is 0 Å². The van der Waals surface area contributed by atoms with Crippen molar-refractivity contribution in [2.75, 3.05) is 13.2 Å². The summed E-state index contributed by atoms with van der Waals surface area (Å²) in [6, 6.07) is 7.18. The highest BCUT2D eigenvalue weighted by Crippen LogP contribution is 2.25. The lowest BCUT2D eigenvalue weighted by Crippen LogP contribution is -2.15. The molecule has 0 atom stereocenters. The topological polar surface area (TPSA) is 55.8 Å². The predicted octanol–water partition coefficient (Wildman–Crippen LogP) is 18.1. The highest BCUT2D eigenvalue weighted by Gasteiger charge is 2.20. The van der Waals surface area contributed by atoms with Crippen molar-refractivity contribution in [3.63, 3.8) is 0 Å². The lowest BCUT2D eigenvalue weighted by Gasteiger charge is -2.21. The molecule has 1 aromatic carbocycles. The summed E-state index contributed by atoms with van der Waals surface area (Å²) in [6.45, 7) is 5.81. The van der Waals surface area contributed by atoms with Gasteiger partial charge in [0.15, 0.2) is 6.29 Å². The average Bonchev–Trinajstić information content (AvgIpc) is 3.21. The Balaban J connectivity index is 2.03. The summed E-state index contributed by atoms with van der Waals surface area (Å²) in [5.74, 6) is -0.921. The van der Waals surface area contributed by atoms with Crippen LogP contribution in [-0.4, -0.2) is 24.3 Å². The van der Waals surface area contributed by atoms with Crippen LogP contribution < -0.4 is 0 Å². The van der Waals surface area contributed by atoms with E-state index in [0.29, 0.717) is 18.8 Å². The molecule has 0 aliphatic heterocycles. The number of aromatic carboxylic acids is 1. The summed E-state index contributed by atoms with van der Waals surface area (Å²) in [5, 5.41) is 9.80. The number of unbranched alkanes of at least 4 members (excludes halogenated alkanes) is 38. The molecule has 0 amide bonds. The molecule has 1 aromatic rings. The van der Waals surface area contributed by atoms with Crippen LogP contribution in [0.5, 0.6) is 0 Å². The van der Waals surface area contributed by atoms with Gasteiger partial charge in [-0.05, 0) is 18.9 Å². The molecule has 56 heavy (non-hydrogen) atoms. The van der Waals surface area contributed by atoms with E-state index in [9.17, 15) is 9.90 Å². The monoisotopic (exact) mass is 785 g/mol. The molecule has 1 rings (SSSR count). The largest absolute Gasteiger partial charge is 0.478 e. The predicted molar refractivity (Wildman–Crippen MR) is 244 cm³/mol. The molecule has 0 saturated heterocycles. The van der Waals surface area contributed by atoms with E-state index in [1.54, 1.807) is 12.1 Å². The first-order valence-electron chi connectivity index (χ1n) is 25.3. The van der Waals surface area contributed by atoms with Crippen molar-refractivity contribution in [3.8, 4) is 0 Å². The second-order valence-electron chi connectivity index (χ2n) is 17.4. The Bertz CT molecular complexity index is 885. The second kappa shape index (κ2) is 43.2. The first-order chi connectivity index (χ1) is 27.7. The molecule has 1 N–H and O–H groups in total. The normalized spacial score (nSPS) is 11.6. The highest BCUT2D eigenvalue weighted by molar-refractivity contribution is 5.89. The van der Waals surface area contributed by atoms with Gasteiger partial charge in [0.2, 0.25) is 0 Å². The SMILES string of the molecule is CCCCCCCCCCCCCCCCCCCCCCOC(OCCCCCCCCCCCCCCCCCCCCCC)c1ccccc1C(=O)O. The molecule has 0 saturated carbocycles. The van der Waals surface area contributed by atoms with Crippen molar-refractivity contribution >= 4 is 5.97 Å². The molecule has 0 aromatic heterocycles. The Morgan fingerprint density at radius 1 is 0.393 bits per heavy atom. The summed E-state index contributed by atoms with van der Waals surface area (Å²) in [6.07, 6.45) is 54.2. The molecule has 328 valence electrons. The minimum absolute atomic E-state index is 0.282. The van der Waals surface area contributed by atoms with Gasteiger partial charge in [-0.1, -0.05) is 276 Å². The van der Waals surface area contributed by atoms with Gasteiger partial charge in [-0.3, -0.25) is 0 Å². The number of ether oxygens (including phenoxy) is 2. The molecule has 0 radical (unpaired) electrons. The number of hydrogen-bond acceptors (Lipinski definition) is 3. The fourth-order valence-corrected chi connectivity index (χ4v) is 8.22. The van der Waals surface area contributed by atoms with Crippen LogP contribution in [0.2, 0.25) is 0 Å². The fraction of sp³-hybridized carbons (Fsp3) is 0.865. The fourth-order valence-electron chi connectivity index (χ4n) is 8.22. The number of hydrogen-bond donors (Lipinski definition) is 1. The van der Waals surface area contributed by atoms with E-state index in [1.165, 1.54) is 231 Å². The highest BCUT2D eigenvalue weighted by atomic mass is 16.7. The molecule has 0 unspecified atom stereocenters. The maximum atomic E-state index is 11.9. The van der Waals surface area contributed by atoms with E-state index in [4.69, 9.17) is 9.47 Å². The van der Waals surface area contributed by atoms with Crippen LogP contribution in [0, 0.1) is 0 Å². The summed E-state index contributed by atoms with van der Waals surface area (Å²) in [5.41, 5.74) is 0.922.